The number of rotatable bonds is 3. The van der Waals surface area contributed by atoms with Crippen LogP contribution in [0.2, 0.25) is 0 Å². The maximum atomic E-state index is 2.44. The molecule has 1 aliphatic carbocycles. The summed E-state index contributed by atoms with van der Waals surface area (Å²) < 4.78 is 0. The molecule has 0 radical (unpaired) electrons. The molecule has 104 valence electrons. The van der Waals surface area contributed by atoms with E-state index in [-0.39, 0.29) is 0 Å². The zero-order chi connectivity index (χ0) is 14.1. The lowest BCUT2D eigenvalue weighted by Crippen LogP contribution is -2.08. The van der Waals surface area contributed by atoms with Crippen LogP contribution in [0.1, 0.15) is 58.1 Å². The summed E-state index contributed by atoms with van der Waals surface area (Å²) in [6, 6.07) is 8.86. The van der Waals surface area contributed by atoms with Gasteiger partial charge in [0, 0.05) is 0 Å². The molecule has 0 atom stereocenters. The zero-order valence-corrected chi connectivity index (χ0v) is 13.0. The highest BCUT2D eigenvalue weighted by Gasteiger charge is 2.16. The van der Waals surface area contributed by atoms with Crippen LogP contribution in [0, 0.1) is 0 Å². The van der Waals surface area contributed by atoms with Crippen LogP contribution in [0.15, 0.2) is 47.6 Å². The van der Waals surface area contributed by atoms with Crippen molar-refractivity contribution in [1.82, 2.24) is 0 Å². The minimum absolute atomic E-state index is 1.12. The molecule has 0 saturated heterocycles. The van der Waals surface area contributed by atoms with E-state index in [1.807, 2.05) is 13.8 Å². The summed E-state index contributed by atoms with van der Waals surface area (Å²) >= 11 is 0. The lowest BCUT2D eigenvalue weighted by molar-refractivity contribution is 0.911. The Kier molecular flexibility index (Phi) is 7.25. The fourth-order valence-corrected chi connectivity index (χ4v) is 2.51. The molecule has 0 N–H and O–H groups in total. The Morgan fingerprint density at radius 1 is 0.895 bits per heavy atom. The minimum atomic E-state index is 1.12. The van der Waals surface area contributed by atoms with Crippen molar-refractivity contribution in [2.24, 2.45) is 0 Å². The smallest absolute Gasteiger partial charge is 0.00234 e. The Bertz CT molecular complexity index is 435. The number of hydrogen-bond donors (Lipinski definition) is 0. The summed E-state index contributed by atoms with van der Waals surface area (Å²) in [5, 5.41) is 0. The van der Waals surface area contributed by atoms with Crippen molar-refractivity contribution < 1.29 is 0 Å². The van der Waals surface area contributed by atoms with Crippen LogP contribution >= 0.6 is 0 Å². The second-order valence-electron chi connectivity index (χ2n) is 4.78. The molecule has 0 saturated carbocycles. The Morgan fingerprint density at radius 2 is 1.42 bits per heavy atom. The Labute approximate surface area is 119 Å². The van der Waals surface area contributed by atoms with Gasteiger partial charge in [0.05, 0.1) is 0 Å². The van der Waals surface area contributed by atoms with Gasteiger partial charge in [-0.05, 0) is 48.0 Å². The van der Waals surface area contributed by atoms with Gasteiger partial charge >= 0.3 is 0 Å². The monoisotopic (exact) mass is 256 g/mol. The molecule has 0 fully saturated rings. The second kappa shape index (κ2) is 8.74. The zero-order valence-electron chi connectivity index (χ0n) is 13.0. The maximum absolute atomic E-state index is 2.44. The van der Waals surface area contributed by atoms with E-state index in [9.17, 15) is 0 Å². The molecule has 1 aromatic rings. The normalized spacial score (nSPS) is 17.9. The van der Waals surface area contributed by atoms with Crippen LogP contribution < -0.4 is 0 Å². The van der Waals surface area contributed by atoms with Crippen LogP contribution in [0.5, 0.6) is 0 Å². The molecule has 19 heavy (non-hydrogen) atoms. The summed E-state index contributed by atoms with van der Waals surface area (Å²) in [5.74, 6) is 0. The Morgan fingerprint density at radius 3 is 1.89 bits per heavy atom. The maximum Gasteiger partial charge on any atom is -0.00234 e. The number of hydrogen-bond acceptors (Lipinski definition) is 0. The molecule has 0 amide bonds. The van der Waals surface area contributed by atoms with Gasteiger partial charge in [-0.2, -0.15) is 0 Å². The molecule has 0 aromatic heterocycles. The molecule has 2 rings (SSSR count). The number of benzene rings is 1. The standard InChI is InChI=1S/C17H22.C2H6/c1-3-5-9-15-13-17-11-7-6-10-16(17)12-14(15)8-4-2;1-2/h6-11H,3-5,12-13H2,1-2H3;1-2H3/b14-8-,15-9-;. The van der Waals surface area contributed by atoms with E-state index in [0.29, 0.717) is 0 Å². The molecule has 0 bridgehead atoms. The first-order valence-corrected chi connectivity index (χ1v) is 7.80. The highest BCUT2D eigenvalue weighted by Crippen LogP contribution is 2.29. The molecule has 0 aliphatic heterocycles. The largest absolute Gasteiger partial charge is 0.0810 e. The molecular weight excluding hydrogens is 228 g/mol. The van der Waals surface area contributed by atoms with E-state index in [1.165, 1.54) is 24.0 Å². The average molecular weight is 256 g/mol. The number of allylic oxidation sites excluding steroid dienone is 4. The van der Waals surface area contributed by atoms with E-state index in [2.05, 4.69) is 50.3 Å². The van der Waals surface area contributed by atoms with E-state index >= 15 is 0 Å². The van der Waals surface area contributed by atoms with Crippen molar-refractivity contribution in [3.8, 4) is 0 Å². The molecule has 1 aromatic carbocycles. The van der Waals surface area contributed by atoms with Gasteiger partial charge < -0.3 is 0 Å². The van der Waals surface area contributed by atoms with E-state index < -0.39 is 0 Å². The first kappa shape index (κ1) is 15.8. The first-order valence-electron chi connectivity index (χ1n) is 7.80. The van der Waals surface area contributed by atoms with Crippen LogP contribution in [-0.2, 0) is 12.8 Å². The van der Waals surface area contributed by atoms with Crippen molar-refractivity contribution in [2.75, 3.05) is 0 Å². The molecule has 0 nitrogen and oxygen atoms in total. The van der Waals surface area contributed by atoms with Crippen LogP contribution in [0.25, 0.3) is 0 Å². The predicted octanol–water partition coefficient (Wildman–Crippen LogP) is 5.87. The molecule has 0 heterocycles. The highest BCUT2D eigenvalue weighted by molar-refractivity contribution is 5.47. The summed E-state index contributed by atoms with van der Waals surface area (Å²) in [7, 11) is 0. The summed E-state index contributed by atoms with van der Waals surface area (Å²) in [5.41, 5.74) is 6.15. The van der Waals surface area contributed by atoms with Gasteiger partial charge in [-0.15, -0.1) is 0 Å². The fraction of sp³-hybridized carbons (Fsp3) is 0.474. The number of fused-ring (bicyclic) bond motifs is 1. The third-order valence-electron chi connectivity index (χ3n) is 3.42. The van der Waals surface area contributed by atoms with Gasteiger partial charge in [0.2, 0.25) is 0 Å². The minimum Gasteiger partial charge on any atom is -0.0810 e. The summed E-state index contributed by atoms with van der Waals surface area (Å²) in [6.45, 7) is 8.47. The summed E-state index contributed by atoms with van der Waals surface area (Å²) in [4.78, 5) is 0. The SMILES string of the molecule is CC.CC/C=C1/Cc2ccccc2C/C1=C/CCC. The first-order chi connectivity index (χ1) is 9.35. The predicted molar refractivity (Wildman–Crippen MR) is 86.6 cm³/mol. The van der Waals surface area contributed by atoms with Crippen LogP contribution in [0.3, 0.4) is 0 Å². The van der Waals surface area contributed by atoms with E-state index in [4.69, 9.17) is 0 Å². The molecule has 1 aliphatic rings. The van der Waals surface area contributed by atoms with E-state index in [1.54, 1.807) is 11.1 Å². The van der Waals surface area contributed by atoms with Gasteiger partial charge in [0.15, 0.2) is 0 Å². The quantitative estimate of drug-likeness (QED) is 0.634. The average Bonchev–Trinajstić information content (AvgIpc) is 2.47. The Balaban J connectivity index is 0.000000861. The molecule has 0 unspecified atom stereocenters. The Hall–Kier alpha value is -1.30. The topological polar surface area (TPSA) is 0 Å². The van der Waals surface area contributed by atoms with Crippen molar-refractivity contribution >= 4 is 0 Å². The fourth-order valence-electron chi connectivity index (χ4n) is 2.51. The van der Waals surface area contributed by atoms with Gasteiger partial charge in [0.25, 0.3) is 0 Å². The van der Waals surface area contributed by atoms with Crippen molar-refractivity contribution in [3.63, 3.8) is 0 Å². The van der Waals surface area contributed by atoms with Gasteiger partial charge in [0.1, 0.15) is 0 Å². The lowest BCUT2D eigenvalue weighted by Gasteiger charge is -2.22. The second-order valence-corrected chi connectivity index (χ2v) is 4.78. The molecule has 0 heteroatoms. The third-order valence-corrected chi connectivity index (χ3v) is 3.42. The van der Waals surface area contributed by atoms with Crippen LogP contribution in [-0.4, -0.2) is 0 Å². The van der Waals surface area contributed by atoms with Crippen molar-refractivity contribution in [3.05, 3.63) is 58.7 Å². The molecular formula is C19H28. The number of unbranched alkanes of at least 4 members (excludes halogenated alkanes) is 1. The third kappa shape index (κ3) is 4.38. The van der Waals surface area contributed by atoms with Gasteiger partial charge in [-0.25, -0.2) is 0 Å². The summed E-state index contributed by atoms with van der Waals surface area (Å²) in [6.07, 6.45) is 10.7. The highest BCUT2D eigenvalue weighted by atomic mass is 14.2. The van der Waals surface area contributed by atoms with E-state index in [0.717, 1.165) is 19.3 Å². The van der Waals surface area contributed by atoms with Gasteiger partial charge in [-0.1, -0.05) is 70.5 Å². The lowest BCUT2D eigenvalue weighted by atomic mass is 9.83. The van der Waals surface area contributed by atoms with Gasteiger partial charge in [-0.3, -0.25) is 0 Å². The molecule has 0 spiro atoms. The van der Waals surface area contributed by atoms with Crippen molar-refractivity contribution in [2.45, 2.75) is 59.8 Å². The van der Waals surface area contributed by atoms with Crippen molar-refractivity contribution in [1.29, 1.82) is 0 Å². The van der Waals surface area contributed by atoms with Crippen LogP contribution in [0.4, 0.5) is 0 Å².